The fraction of sp³-hybridized carbons (Fsp3) is 0.455. The van der Waals surface area contributed by atoms with Gasteiger partial charge in [0.1, 0.15) is 0 Å². The monoisotopic (exact) mass is 369 g/mol. The molecule has 2 N–H and O–H groups in total. The first kappa shape index (κ1) is 20.7. The smallest absolute Gasteiger partial charge is 0.318 e. The number of hydrogen-bond acceptors (Lipinski definition) is 2. The Kier molecular flexibility index (Phi) is 6.83. The quantitative estimate of drug-likeness (QED) is 0.770. The molecule has 0 aliphatic heterocycles. The number of benzene rings is 2. The largest absolute Gasteiger partial charge is 0.333 e. The number of hydrogen-bond donors (Lipinski definition) is 2. The van der Waals surface area contributed by atoms with Gasteiger partial charge >= 0.3 is 6.03 Å². The normalized spacial score (nSPS) is 12.5. The lowest BCUT2D eigenvalue weighted by molar-refractivity contribution is -0.116. The summed E-state index contributed by atoms with van der Waals surface area (Å²) in [7, 11) is 0. The minimum atomic E-state index is -0.309. The molecule has 27 heavy (non-hydrogen) atoms. The summed E-state index contributed by atoms with van der Waals surface area (Å²) in [4.78, 5) is 26.7. The molecule has 0 saturated carbocycles. The molecule has 0 aliphatic carbocycles. The molecule has 0 aliphatic rings. The molecule has 5 nitrogen and oxygen atoms in total. The van der Waals surface area contributed by atoms with Gasteiger partial charge in [0.05, 0.1) is 0 Å². The fourth-order valence-corrected chi connectivity index (χ4v) is 2.85. The van der Waals surface area contributed by atoms with Gasteiger partial charge in [-0.15, -0.1) is 0 Å². The topological polar surface area (TPSA) is 61.4 Å². The van der Waals surface area contributed by atoms with Crippen molar-refractivity contribution in [2.24, 2.45) is 0 Å². The highest BCUT2D eigenvalue weighted by atomic mass is 16.2. The number of fused-ring (bicyclic) bond motifs is 1. The third kappa shape index (κ3) is 6.27. The second-order valence-corrected chi connectivity index (χ2v) is 7.99. The molecule has 0 bridgehead atoms. The highest BCUT2D eigenvalue weighted by molar-refractivity contribution is 5.94. The van der Waals surface area contributed by atoms with Crippen molar-refractivity contribution >= 4 is 28.4 Å². The van der Waals surface area contributed by atoms with Crippen LogP contribution in [0.2, 0.25) is 0 Å². The zero-order chi connectivity index (χ0) is 20.0. The molecule has 0 saturated heterocycles. The summed E-state index contributed by atoms with van der Waals surface area (Å²) < 4.78 is 0. The predicted octanol–water partition coefficient (Wildman–Crippen LogP) is 4.78. The van der Waals surface area contributed by atoms with Gasteiger partial charge in [-0.25, -0.2) is 4.79 Å². The van der Waals surface area contributed by atoms with Crippen LogP contribution in [0.4, 0.5) is 10.5 Å². The number of carbonyl (C=O) groups excluding carboxylic acids is 2. The van der Waals surface area contributed by atoms with Crippen molar-refractivity contribution in [3.63, 3.8) is 0 Å². The molecule has 1 unspecified atom stereocenters. The van der Waals surface area contributed by atoms with E-state index in [1.165, 1.54) is 0 Å². The van der Waals surface area contributed by atoms with Gasteiger partial charge in [-0.3, -0.25) is 4.79 Å². The third-order valence-corrected chi connectivity index (χ3v) is 4.48. The van der Waals surface area contributed by atoms with Gasteiger partial charge in [-0.2, -0.15) is 0 Å². The van der Waals surface area contributed by atoms with E-state index in [4.69, 9.17) is 0 Å². The Labute approximate surface area is 162 Å². The van der Waals surface area contributed by atoms with Crippen LogP contribution in [-0.4, -0.2) is 35.0 Å². The van der Waals surface area contributed by atoms with Gasteiger partial charge in [0.15, 0.2) is 0 Å². The summed E-state index contributed by atoms with van der Waals surface area (Å²) in [5.41, 5.74) is 0.462. The zero-order valence-electron chi connectivity index (χ0n) is 17.0. The Morgan fingerprint density at radius 2 is 1.74 bits per heavy atom. The minimum absolute atomic E-state index is 0.0702. The molecule has 5 heteroatoms. The molecule has 0 heterocycles. The second kappa shape index (κ2) is 8.89. The Morgan fingerprint density at radius 3 is 2.37 bits per heavy atom. The summed E-state index contributed by atoms with van der Waals surface area (Å²) in [6.45, 7) is 10.3. The van der Waals surface area contributed by atoms with Crippen LogP contribution in [0.15, 0.2) is 42.5 Å². The average Bonchev–Trinajstić information content (AvgIpc) is 2.60. The van der Waals surface area contributed by atoms with Crippen molar-refractivity contribution in [3.05, 3.63) is 42.5 Å². The summed E-state index contributed by atoms with van der Waals surface area (Å²) >= 11 is 0. The Bertz CT molecular complexity index is 795. The van der Waals surface area contributed by atoms with Crippen LogP contribution in [0.5, 0.6) is 0 Å². The molecule has 2 aromatic carbocycles. The molecule has 2 rings (SSSR count). The molecule has 1 atom stereocenters. The van der Waals surface area contributed by atoms with Crippen molar-refractivity contribution in [2.45, 2.75) is 59.0 Å². The van der Waals surface area contributed by atoms with E-state index in [1.54, 1.807) is 4.90 Å². The molecule has 0 fully saturated rings. The van der Waals surface area contributed by atoms with E-state index >= 15 is 0 Å². The van der Waals surface area contributed by atoms with Crippen LogP contribution in [0.25, 0.3) is 10.8 Å². The van der Waals surface area contributed by atoms with Gasteiger partial charge in [0, 0.05) is 30.2 Å². The first-order valence-corrected chi connectivity index (χ1v) is 9.57. The van der Waals surface area contributed by atoms with E-state index < -0.39 is 0 Å². The van der Waals surface area contributed by atoms with E-state index in [9.17, 15) is 9.59 Å². The molecule has 0 spiro atoms. The Balaban J connectivity index is 1.98. The average molecular weight is 370 g/mol. The van der Waals surface area contributed by atoms with Crippen LogP contribution in [-0.2, 0) is 4.79 Å². The summed E-state index contributed by atoms with van der Waals surface area (Å²) in [6.07, 6.45) is 1.10. The van der Waals surface area contributed by atoms with E-state index in [0.717, 1.165) is 22.9 Å². The van der Waals surface area contributed by atoms with Crippen molar-refractivity contribution in [1.29, 1.82) is 0 Å². The SMILES string of the molecule is CCC(C)N(CCC(=O)Nc1ccc2ccccc2c1)C(=O)NC(C)(C)C. The lowest BCUT2D eigenvalue weighted by Gasteiger charge is -2.32. The second-order valence-electron chi connectivity index (χ2n) is 7.99. The van der Waals surface area contributed by atoms with Crippen LogP contribution in [0, 0.1) is 0 Å². The van der Waals surface area contributed by atoms with Crippen molar-refractivity contribution in [2.75, 3.05) is 11.9 Å². The first-order valence-electron chi connectivity index (χ1n) is 9.57. The fourth-order valence-electron chi connectivity index (χ4n) is 2.85. The lowest BCUT2D eigenvalue weighted by Crippen LogP contribution is -2.51. The molecule has 146 valence electrons. The number of nitrogens with zero attached hydrogens (tertiary/aromatic N) is 1. The van der Waals surface area contributed by atoms with E-state index in [2.05, 4.69) is 10.6 Å². The number of amides is 3. The lowest BCUT2D eigenvalue weighted by atomic mass is 10.1. The van der Waals surface area contributed by atoms with E-state index in [0.29, 0.717) is 6.54 Å². The Morgan fingerprint density at radius 1 is 1.07 bits per heavy atom. The minimum Gasteiger partial charge on any atom is -0.333 e. The van der Waals surface area contributed by atoms with Crippen LogP contribution in [0.3, 0.4) is 0 Å². The molecule has 3 amide bonds. The highest BCUT2D eigenvalue weighted by Crippen LogP contribution is 2.19. The summed E-state index contributed by atoms with van der Waals surface area (Å²) in [5, 5.41) is 8.14. The summed E-state index contributed by atoms with van der Waals surface area (Å²) in [6, 6.07) is 13.8. The predicted molar refractivity (Wildman–Crippen MR) is 112 cm³/mol. The standard InChI is InChI=1S/C22H31N3O2/c1-6-16(2)25(21(27)24-22(3,4)5)14-13-20(26)23-19-12-11-17-9-7-8-10-18(17)15-19/h7-12,15-16H,6,13-14H2,1-5H3,(H,23,26)(H,24,27). The van der Waals surface area contributed by atoms with Crippen LogP contribution >= 0.6 is 0 Å². The molecular weight excluding hydrogens is 338 g/mol. The number of urea groups is 1. The maximum atomic E-state index is 12.6. The van der Waals surface area contributed by atoms with Gasteiger partial charge in [-0.05, 0) is 57.0 Å². The zero-order valence-corrected chi connectivity index (χ0v) is 17.0. The van der Waals surface area contributed by atoms with Crippen molar-refractivity contribution in [1.82, 2.24) is 10.2 Å². The maximum absolute atomic E-state index is 12.6. The van der Waals surface area contributed by atoms with Gasteiger partial charge in [0.25, 0.3) is 0 Å². The highest BCUT2D eigenvalue weighted by Gasteiger charge is 2.23. The van der Waals surface area contributed by atoms with Gasteiger partial charge in [-0.1, -0.05) is 37.3 Å². The van der Waals surface area contributed by atoms with Gasteiger partial charge in [0.2, 0.25) is 5.91 Å². The first-order chi connectivity index (χ1) is 12.7. The van der Waals surface area contributed by atoms with Crippen LogP contribution in [0.1, 0.15) is 47.5 Å². The van der Waals surface area contributed by atoms with Crippen molar-refractivity contribution < 1.29 is 9.59 Å². The molecule has 0 radical (unpaired) electrons. The summed E-state index contributed by atoms with van der Waals surface area (Å²) in [5.74, 6) is -0.0952. The molecule has 2 aromatic rings. The van der Waals surface area contributed by atoms with Crippen LogP contribution < -0.4 is 10.6 Å². The van der Waals surface area contributed by atoms with E-state index in [-0.39, 0.29) is 29.9 Å². The van der Waals surface area contributed by atoms with Crippen molar-refractivity contribution in [3.8, 4) is 0 Å². The maximum Gasteiger partial charge on any atom is 0.318 e. The number of nitrogens with one attached hydrogen (secondary N) is 2. The number of anilines is 1. The molecular formula is C22H31N3O2. The van der Waals surface area contributed by atoms with Gasteiger partial charge < -0.3 is 15.5 Å². The number of carbonyl (C=O) groups is 2. The van der Waals surface area contributed by atoms with E-state index in [1.807, 2.05) is 77.1 Å². The third-order valence-electron chi connectivity index (χ3n) is 4.48. The molecule has 0 aromatic heterocycles. The Hall–Kier alpha value is -2.56. The number of rotatable bonds is 6.